The van der Waals surface area contributed by atoms with Crippen molar-refractivity contribution in [3.8, 4) is 6.07 Å². The number of pyridine rings is 1. The van der Waals surface area contributed by atoms with Crippen molar-refractivity contribution >= 4 is 46.6 Å². The summed E-state index contributed by atoms with van der Waals surface area (Å²) in [6.45, 7) is 7.17. The molecule has 170 valence electrons. The highest BCUT2D eigenvalue weighted by atomic mass is 32.1. The topological polar surface area (TPSA) is 132 Å². The molecule has 0 aliphatic rings. The third-order valence-electron chi connectivity index (χ3n) is 4.44. The summed E-state index contributed by atoms with van der Waals surface area (Å²) in [6.07, 6.45) is 1.48. The van der Waals surface area contributed by atoms with Gasteiger partial charge in [0.25, 0.3) is 11.5 Å². The van der Waals surface area contributed by atoms with E-state index in [0.717, 1.165) is 17.9 Å². The largest absolute Gasteiger partial charge is 0.352 e. The molecule has 10 nitrogen and oxygen atoms in total. The molecule has 11 heteroatoms. The number of likely N-dealkylation sites (N-methyl/N-ethyl adjacent to an activating group) is 1. The maximum absolute atomic E-state index is 12.8. The number of amides is 2. The minimum absolute atomic E-state index is 0.102. The molecule has 0 atom stereocenters. The van der Waals surface area contributed by atoms with Crippen LogP contribution in [0.25, 0.3) is 11.8 Å². The van der Waals surface area contributed by atoms with Gasteiger partial charge in [-0.25, -0.2) is 4.98 Å². The first kappa shape index (κ1) is 24.8. The summed E-state index contributed by atoms with van der Waals surface area (Å²) in [6, 6.07) is 6.99. The van der Waals surface area contributed by atoms with Crippen molar-refractivity contribution in [3.05, 3.63) is 37.7 Å². The maximum Gasteiger partial charge on any atom is 0.270 e. The second-order valence-corrected chi connectivity index (χ2v) is 7.77. The molecule has 0 aliphatic carbocycles. The van der Waals surface area contributed by atoms with Gasteiger partial charge in [-0.15, -0.1) is 11.3 Å². The zero-order valence-electron chi connectivity index (χ0n) is 18.6. The third-order valence-corrected chi connectivity index (χ3v) is 5.57. The van der Waals surface area contributed by atoms with Gasteiger partial charge in [-0.1, -0.05) is 13.0 Å². The average Bonchev–Trinajstić information content (AvgIpc) is 3.08. The van der Waals surface area contributed by atoms with E-state index in [1.807, 2.05) is 24.9 Å². The Morgan fingerprint density at radius 2 is 2.00 bits per heavy atom. The number of aromatic nitrogens is 2. The number of nitriles is 1. The SMILES string of the molecule is CCNC(=O)C(C#N)=c1sc(=CNc2cccc(NC(=O)CN(C)CC)n2)c(=O)n1CC. The molecule has 0 saturated carbocycles. The number of carbonyl (C=O) groups excluding carboxylic acids is 2. The number of hydrogen-bond acceptors (Lipinski definition) is 8. The highest BCUT2D eigenvalue weighted by Crippen LogP contribution is 2.09. The first-order valence-electron chi connectivity index (χ1n) is 10.2. The fourth-order valence-corrected chi connectivity index (χ4v) is 3.79. The van der Waals surface area contributed by atoms with E-state index in [1.54, 1.807) is 32.0 Å². The van der Waals surface area contributed by atoms with Crippen molar-refractivity contribution in [3.63, 3.8) is 0 Å². The molecular formula is C21H27N7O3S. The fraction of sp³-hybridized carbons (Fsp3) is 0.381. The molecular weight excluding hydrogens is 430 g/mol. The first-order chi connectivity index (χ1) is 15.3. The quantitative estimate of drug-likeness (QED) is 0.478. The van der Waals surface area contributed by atoms with Gasteiger partial charge in [0.1, 0.15) is 26.9 Å². The molecule has 0 spiro atoms. The molecule has 2 aromatic rings. The molecule has 2 aromatic heterocycles. The van der Waals surface area contributed by atoms with Crippen molar-refractivity contribution in [2.75, 3.05) is 37.3 Å². The lowest BCUT2D eigenvalue weighted by Crippen LogP contribution is -2.34. The Hall–Kier alpha value is -3.49. The number of carbonyl (C=O) groups is 2. The first-order valence-corrected chi connectivity index (χ1v) is 11.0. The van der Waals surface area contributed by atoms with Gasteiger partial charge < -0.3 is 16.0 Å². The van der Waals surface area contributed by atoms with Crippen LogP contribution in [0.4, 0.5) is 11.6 Å². The standard InChI is InChI=1S/C21H27N7O3S/c1-5-23-19(30)14(11-22)21-28(7-3)20(31)15(32-21)12-24-16-9-8-10-17(25-16)26-18(29)13-27(4)6-2/h8-10,12H,5-7,13H2,1-4H3,(H,23,30)(H2,24,25,26,29). The summed E-state index contributed by atoms with van der Waals surface area (Å²) < 4.78 is 2.01. The van der Waals surface area contributed by atoms with Crippen LogP contribution >= 0.6 is 11.3 Å². The minimum atomic E-state index is -0.517. The van der Waals surface area contributed by atoms with Crippen molar-refractivity contribution < 1.29 is 9.59 Å². The van der Waals surface area contributed by atoms with Crippen LogP contribution in [0.15, 0.2) is 23.0 Å². The third kappa shape index (κ3) is 6.26. The van der Waals surface area contributed by atoms with Crippen LogP contribution < -0.4 is 30.7 Å². The Bertz CT molecular complexity index is 1190. The Morgan fingerprint density at radius 1 is 1.28 bits per heavy atom. The van der Waals surface area contributed by atoms with Crippen LogP contribution in [0.5, 0.6) is 0 Å². The Morgan fingerprint density at radius 3 is 2.62 bits per heavy atom. The molecule has 0 fully saturated rings. The summed E-state index contributed by atoms with van der Waals surface area (Å²) in [7, 11) is 1.85. The van der Waals surface area contributed by atoms with Gasteiger partial charge >= 0.3 is 0 Å². The van der Waals surface area contributed by atoms with Crippen LogP contribution in [0.1, 0.15) is 20.8 Å². The Labute approximate surface area is 189 Å². The average molecular weight is 458 g/mol. The van der Waals surface area contributed by atoms with Crippen LogP contribution in [0.2, 0.25) is 0 Å². The smallest absolute Gasteiger partial charge is 0.270 e. The van der Waals surface area contributed by atoms with Gasteiger partial charge in [0.2, 0.25) is 5.91 Å². The predicted molar refractivity (Wildman–Crippen MR) is 125 cm³/mol. The number of hydrogen-bond donors (Lipinski definition) is 3. The highest BCUT2D eigenvalue weighted by Gasteiger charge is 2.14. The summed E-state index contributed by atoms with van der Waals surface area (Å²) in [5.74, 6) is 0.114. The molecule has 3 N–H and O–H groups in total. The van der Waals surface area contributed by atoms with Gasteiger partial charge in [-0.2, -0.15) is 5.26 Å². The van der Waals surface area contributed by atoms with Crippen molar-refractivity contribution in [1.29, 1.82) is 5.26 Å². The van der Waals surface area contributed by atoms with Gasteiger partial charge in [-0.05, 0) is 39.6 Å². The van der Waals surface area contributed by atoms with E-state index < -0.39 is 5.91 Å². The molecule has 0 radical (unpaired) electrons. The zero-order chi connectivity index (χ0) is 23.7. The zero-order valence-corrected chi connectivity index (χ0v) is 19.4. The minimum Gasteiger partial charge on any atom is -0.352 e. The summed E-state index contributed by atoms with van der Waals surface area (Å²) in [5.41, 5.74) is -0.417. The lowest BCUT2D eigenvalue weighted by Gasteiger charge is -2.13. The fourth-order valence-electron chi connectivity index (χ4n) is 2.70. The Kier molecular flexibility index (Phi) is 9.12. The van der Waals surface area contributed by atoms with E-state index in [9.17, 15) is 19.6 Å². The van der Waals surface area contributed by atoms with E-state index in [1.165, 1.54) is 10.8 Å². The molecule has 32 heavy (non-hydrogen) atoms. The van der Waals surface area contributed by atoms with Crippen molar-refractivity contribution in [2.45, 2.75) is 27.3 Å². The van der Waals surface area contributed by atoms with Gasteiger partial charge in [-0.3, -0.25) is 23.9 Å². The molecule has 0 bridgehead atoms. The molecule has 0 aromatic carbocycles. The van der Waals surface area contributed by atoms with Crippen molar-refractivity contribution in [1.82, 2.24) is 19.8 Å². The van der Waals surface area contributed by atoms with E-state index in [2.05, 4.69) is 20.9 Å². The second-order valence-electron chi connectivity index (χ2n) is 6.74. The Balaban J connectivity index is 2.34. The van der Waals surface area contributed by atoms with Gasteiger partial charge in [0.05, 0.1) is 6.54 Å². The monoisotopic (exact) mass is 457 g/mol. The number of anilines is 2. The molecule has 2 rings (SSSR count). The maximum atomic E-state index is 12.8. The lowest BCUT2D eigenvalue weighted by molar-refractivity contribution is -0.117. The van der Waals surface area contributed by atoms with E-state index in [0.29, 0.717) is 33.9 Å². The van der Waals surface area contributed by atoms with Gasteiger partial charge in [0, 0.05) is 19.3 Å². The summed E-state index contributed by atoms with van der Waals surface area (Å²) in [5, 5.41) is 17.7. The van der Waals surface area contributed by atoms with E-state index in [-0.39, 0.29) is 23.6 Å². The molecule has 2 heterocycles. The molecule has 0 saturated heterocycles. The number of nitrogens with one attached hydrogen (secondary N) is 3. The van der Waals surface area contributed by atoms with Gasteiger partial charge in [0.15, 0.2) is 5.57 Å². The second kappa shape index (κ2) is 11.8. The molecule has 2 amide bonds. The normalized spacial score (nSPS) is 12.3. The van der Waals surface area contributed by atoms with Crippen molar-refractivity contribution in [2.24, 2.45) is 0 Å². The lowest BCUT2D eigenvalue weighted by atomic mass is 10.3. The summed E-state index contributed by atoms with van der Waals surface area (Å²) >= 11 is 1.05. The van der Waals surface area contributed by atoms with Crippen LogP contribution in [-0.4, -0.2) is 52.9 Å². The van der Waals surface area contributed by atoms with Crippen LogP contribution in [0.3, 0.4) is 0 Å². The van der Waals surface area contributed by atoms with Crippen LogP contribution in [0, 0.1) is 11.3 Å². The molecule has 0 unspecified atom stereocenters. The number of thiazole rings is 1. The van der Waals surface area contributed by atoms with Crippen LogP contribution in [-0.2, 0) is 16.1 Å². The molecule has 0 aliphatic heterocycles. The van der Waals surface area contributed by atoms with E-state index in [4.69, 9.17) is 0 Å². The number of rotatable bonds is 9. The highest BCUT2D eigenvalue weighted by molar-refractivity contribution is 7.07. The van der Waals surface area contributed by atoms with E-state index >= 15 is 0 Å². The number of nitrogens with zero attached hydrogens (tertiary/aromatic N) is 4. The predicted octanol–water partition coefficient (Wildman–Crippen LogP) is -0.125. The summed E-state index contributed by atoms with van der Waals surface area (Å²) in [4.78, 5) is 43.2.